The van der Waals surface area contributed by atoms with Gasteiger partial charge in [0.1, 0.15) is 0 Å². The zero-order valence-corrected chi connectivity index (χ0v) is 8.95. The summed E-state index contributed by atoms with van der Waals surface area (Å²) in [5.41, 5.74) is 5.54. The average Bonchev–Trinajstić information content (AvgIpc) is 2.13. The average molecular weight is 198 g/mol. The van der Waals surface area contributed by atoms with Crippen LogP contribution in [-0.2, 0) is 4.74 Å². The predicted octanol–water partition coefficient (Wildman–Crippen LogP) is 0.836. The minimum absolute atomic E-state index is 0.732. The van der Waals surface area contributed by atoms with Crippen LogP contribution in [0.25, 0.3) is 0 Å². The molecular weight excluding hydrogens is 176 g/mol. The van der Waals surface area contributed by atoms with Gasteiger partial charge in [-0.05, 0) is 44.7 Å². The van der Waals surface area contributed by atoms with E-state index in [0.29, 0.717) is 0 Å². The Bertz CT molecular complexity index is 171. The van der Waals surface area contributed by atoms with Crippen LogP contribution >= 0.6 is 0 Å². The second-order valence-electron chi connectivity index (χ2n) is 4.63. The summed E-state index contributed by atoms with van der Waals surface area (Å²) in [4.78, 5) is 2.62. The zero-order chi connectivity index (χ0) is 9.80. The maximum Gasteiger partial charge on any atom is 0.0645 e. The van der Waals surface area contributed by atoms with Crippen molar-refractivity contribution in [1.29, 1.82) is 0 Å². The Morgan fingerprint density at radius 1 is 1.36 bits per heavy atom. The summed E-state index contributed by atoms with van der Waals surface area (Å²) in [5, 5.41) is 0. The van der Waals surface area contributed by atoms with Crippen LogP contribution in [0.4, 0.5) is 0 Å². The minimum atomic E-state index is 0.732. The molecule has 2 N–H and O–H groups in total. The zero-order valence-electron chi connectivity index (χ0n) is 8.95. The van der Waals surface area contributed by atoms with Crippen LogP contribution in [0.15, 0.2) is 0 Å². The van der Waals surface area contributed by atoms with Gasteiger partial charge in [0, 0.05) is 6.54 Å². The van der Waals surface area contributed by atoms with E-state index in [1.807, 2.05) is 0 Å². The molecule has 14 heavy (non-hydrogen) atoms. The molecule has 82 valence electrons. The Morgan fingerprint density at radius 2 is 2.21 bits per heavy atom. The van der Waals surface area contributed by atoms with Gasteiger partial charge in [-0.25, -0.2) is 0 Å². The van der Waals surface area contributed by atoms with Crippen molar-refractivity contribution < 1.29 is 4.74 Å². The number of ether oxygens (including phenoxy) is 1. The van der Waals surface area contributed by atoms with Crippen molar-refractivity contribution in [3.8, 4) is 0 Å². The Morgan fingerprint density at radius 3 is 2.86 bits per heavy atom. The van der Waals surface area contributed by atoms with E-state index < -0.39 is 0 Å². The molecule has 0 aromatic carbocycles. The fourth-order valence-electron chi connectivity index (χ4n) is 2.51. The minimum Gasteiger partial charge on any atom is -0.378 e. The van der Waals surface area contributed by atoms with Crippen LogP contribution in [0, 0.1) is 5.92 Å². The molecule has 1 unspecified atom stereocenters. The van der Waals surface area contributed by atoms with Gasteiger partial charge in [-0.3, -0.25) is 4.90 Å². The van der Waals surface area contributed by atoms with E-state index in [4.69, 9.17) is 10.5 Å². The maximum atomic E-state index is 5.54. The lowest BCUT2D eigenvalue weighted by atomic mass is 9.92. The van der Waals surface area contributed by atoms with E-state index in [2.05, 4.69) is 4.90 Å². The molecule has 2 saturated heterocycles. The summed E-state index contributed by atoms with van der Waals surface area (Å²) < 4.78 is 5.24. The molecule has 1 atom stereocenters. The molecule has 0 aliphatic carbocycles. The van der Waals surface area contributed by atoms with Gasteiger partial charge in [-0.2, -0.15) is 0 Å². The van der Waals surface area contributed by atoms with E-state index in [-0.39, 0.29) is 0 Å². The molecule has 2 aliphatic heterocycles. The molecule has 2 aliphatic rings. The second kappa shape index (κ2) is 5.10. The third kappa shape index (κ3) is 2.47. The molecule has 3 heteroatoms. The molecule has 2 rings (SSSR count). The number of likely N-dealkylation sites (tertiary alicyclic amines) is 1. The van der Waals surface area contributed by atoms with Gasteiger partial charge < -0.3 is 10.5 Å². The molecule has 2 fully saturated rings. The third-order valence-corrected chi connectivity index (χ3v) is 3.50. The second-order valence-corrected chi connectivity index (χ2v) is 4.63. The van der Waals surface area contributed by atoms with Gasteiger partial charge in [0.15, 0.2) is 0 Å². The summed E-state index contributed by atoms with van der Waals surface area (Å²) in [6, 6.07) is 0.732. The molecule has 0 spiro atoms. The normalized spacial score (nSPS) is 30.2. The van der Waals surface area contributed by atoms with Crippen LogP contribution in [-0.4, -0.2) is 43.8 Å². The summed E-state index contributed by atoms with van der Waals surface area (Å²) in [6.45, 7) is 5.34. The van der Waals surface area contributed by atoms with E-state index in [9.17, 15) is 0 Å². The topological polar surface area (TPSA) is 38.5 Å². The Labute approximate surface area is 86.6 Å². The molecule has 0 radical (unpaired) electrons. The van der Waals surface area contributed by atoms with Gasteiger partial charge in [0.2, 0.25) is 0 Å². The van der Waals surface area contributed by atoms with Crippen LogP contribution in [0.5, 0.6) is 0 Å². The van der Waals surface area contributed by atoms with Crippen molar-refractivity contribution in [2.75, 3.05) is 32.8 Å². The Balaban J connectivity index is 1.72. The van der Waals surface area contributed by atoms with Gasteiger partial charge in [0.25, 0.3) is 0 Å². The van der Waals surface area contributed by atoms with Gasteiger partial charge in [-0.15, -0.1) is 0 Å². The van der Waals surface area contributed by atoms with Crippen LogP contribution < -0.4 is 5.73 Å². The largest absolute Gasteiger partial charge is 0.378 e. The van der Waals surface area contributed by atoms with Gasteiger partial charge in [0.05, 0.1) is 19.3 Å². The molecule has 0 aromatic rings. The SMILES string of the molecule is NCCCC1CCCN(C2COC2)C1. The molecule has 0 saturated carbocycles. The Kier molecular flexibility index (Phi) is 3.79. The van der Waals surface area contributed by atoms with Gasteiger partial charge >= 0.3 is 0 Å². The van der Waals surface area contributed by atoms with Crippen LogP contribution in [0.1, 0.15) is 25.7 Å². The molecule has 0 bridgehead atoms. The standard InChI is InChI=1S/C11H22N2O/c12-5-1-3-10-4-2-6-13(7-10)11-8-14-9-11/h10-11H,1-9,12H2. The summed E-state index contributed by atoms with van der Waals surface area (Å²) >= 11 is 0. The first-order valence-electron chi connectivity index (χ1n) is 5.92. The third-order valence-electron chi connectivity index (χ3n) is 3.50. The van der Waals surface area contributed by atoms with Crippen molar-refractivity contribution in [2.24, 2.45) is 11.7 Å². The van der Waals surface area contributed by atoms with Crippen molar-refractivity contribution in [3.63, 3.8) is 0 Å². The van der Waals surface area contributed by atoms with Crippen molar-refractivity contribution >= 4 is 0 Å². The number of hydrogen-bond donors (Lipinski definition) is 1. The molecule has 0 aromatic heterocycles. The lowest BCUT2D eigenvalue weighted by Gasteiger charge is -2.42. The van der Waals surface area contributed by atoms with Crippen molar-refractivity contribution in [2.45, 2.75) is 31.7 Å². The number of nitrogens with two attached hydrogens (primary N) is 1. The fraction of sp³-hybridized carbons (Fsp3) is 1.00. The van der Waals surface area contributed by atoms with Crippen LogP contribution in [0.2, 0.25) is 0 Å². The van der Waals surface area contributed by atoms with Crippen molar-refractivity contribution in [3.05, 3.63) is 0 Å². The van der Waals surface area contributed by atoms with Gasteiger partial charge in [-0.1, -0.05) is 0 Å². The maximum absolute atomic E-state index is 5.54. The lowest BCUT2D eigenvalue weighted by Crippen LogP contribution is -2.52. The monoisotopic (exact) mass is 198 g/mol. The first-order chi connectivity index (χ1) is 6.90. The number of nitrogens with zero attached hydrogens (tertiary/aromatic N) is 1. The van der Waals surface area contributed by atoms with E-state index >= 15 is 0 Å². The number of rotatable bonds is 4. The Hall–Kier alpha value is -0.120. The summed E-state index contributed by atoms with van der Waals surface area (Å²) in [7, 11) is 0. The first-order valence-corrected chi connectivity index (χ1v) is 5.92. The highest BCUT2D eigenvalue weighted by Crippen LogP contribution is 2.24. The highest BCUT2D eigenvalue weighted by atomic mass is 16.5. The van der Waals surface area contributed by atoms with E-state index in [0.717, 1.165) is 31.7 Å². The first kappa shape index (κ1) is 10.4. The molecular formula is C11H22N2O. The molecule has 3 nitrogen and oxygen atoms in total. The van der Waals surface area contributed by atoms with Crippen LogP contribution in [0.3, 0.4) is 0 Å². The smallest absolute Gasteiger partial charge is 0.0645 e. The van der Waals surface area contributed by atoms with E-state index in [1.54, 1.807) is 0 Å². The van der Waals surface area contributed by atoms with Crippen molar-refractivity contribution in [1.82, 2.24) is 4.90 Å². The lowest BCUT2D eigenvalue weighted by molar-refractivity contribution is -0.0766. The number of hydrogen-bond acceptors (Lipinski definition) is 3. The highest BCUT2D eigenvalue weighted by Gasteiger charge is 2.29. The quantitative estimate of drug-likeness (QED) is 0.727. The number of piperidine rings is 1. The van der Waals surface area contributed by atoms with E-state index in [1.165, 1.54) is 38.8 Å². The fourth-order valence-corrected chi connectivity index (χ4v) is 2.51. The summed E-state index contributed by atoms with van der Waals surface area (Å²) in [5.74, 6) is 0.896. The molecule has 0 amide bonds. The summed E-state index contributed by atoms with van der Waals surface area (Å²) in [6.07, 6.45) is 5.29. The molecule has 2 heterocycles. The predicted molar refractivity (Wildman–Crippen MR) is 57.2 cm³/mol. The highest BCUT2D eigenvalue weighted by molar-refractivity contribution is 4.82.